The van der Waals surface area contributed by atoms with Gasteiger partial charge in [-0.25, -0.2) is 8.78 Å². The van der Waals surface area contributed by atoms with Crippen LogP contribution in [0.3, 0.4) is 0 Å². The maximum absolute atomic E-state index is 12.9. The summed E-state index contributed by atoms with van der Waals surface area (Å²) in [5.41, 5.74) is 0.585. The molecule has 0 bridgehead atoms. The van der Waals surface area contributed by atoms with Gasteiger partial charge in [-0.15, -0.1) is 0 Å². The van der Waals surface area contributed by atoms with E-state index in [1.54, 1.807) is 0 Å². The Hall–Kier alpha value is -1.16. The molecule has 0 amide bonds. The van der Waals surface area contributed by atoms with E-state index in [9.17, 15) is 8.78 Å². The second-order valence-corrected chi connectivity index (χ2v) is 4.16. The molecule has 2 unspecified atom stereocenters. The molecule has 2 nitrogen and oxygen atoms in total. The quantitative estimate of drug-likeness (QED) is 0.857. The van der Waals surface area contributed by atoms with Crippen molar-refractivity contribution in [3.05, 3.63) is 29.8 Å². The van der Waals surface area contributed by atoms with Crippen molar-refractivity contribution >= 4 is 5.69 Å². The summed E-state index contributed by atoms with van der Waals surface area (Å²) in [5.74, 6) is -1.65. The minimum atomic E-state index is -0.828. The van der Waals surface area contributed by atoms with Gasteiger partial charge in [0.2, 0.25) is 0 Å². The van der Waals surface area contributed by atoms with Crippen LogP contribution in [0.4, 0.5) is 14.5 Å². The maximum atomic E-state index is 12.9. The standard InChI is InChI=1S/C12H15F2NO/c1-8-2-4-10(16-8)7-15-9-3-5-11(13)12(14)6-9/h3,5-6,8,10,15H,2,4,7H2,1H3. The van der Waals surface area contributed by atoms with Crippen LogP contribution in [0.25, 0.3) is 0 Å². The number of rotatable bonds is 3. The van der Waals surface area contributed by atoms with Crippen molar-refractivity contribution < 1.29 is 13.5 Å². The number of hydrogen-bond acceptors (Lipinski definition) is 2. The topological polar surface area (TPSA) is 21.3 Å². The van der Waals surface area contributed by atoms with Gasteiger partial charge in [0.05, 0.1) is 12.2 Å². The van der Waals surface area contributed by atoms with Crippen LogP contribution in [0.5, 0.6) is 0 Å². The van der Waals surface area contributed by atoms with E-state index in [-0.39, 0.29) is 6.10 Å². The van der Waals surface area contributed by atoms with E-state index in [4.69, 9.17) is 4.74 Å². The summed E-state index contributed by atoms with van der Waals surface area (Å²) in [7, 11) is 0. The van der Waals surface area contributed by atoms with Gasteiger partial charge in [-0.2, -0.15) is 0 Å². The normalized spacial score (nSPS) is 24.7. The number of hydrogen-bond donors (Lipinski definition) is 1. The summed E-state index contributed by atoms with van der Waals surface area (Å²) in [6.45, 7) is 2.67. The first-order valence-corrected chi connectivity index (χ1v) is 5.49. The number of halogens is 2. The molecule has 1 aromatic rings. The van der Waals surface area contributed by atoms with Gasteiger partial charge >= 0.3 is 0 Å². The SMILES string of the molecule is CC1CCC(CNc2ccc(F)c(F)c2)O1. The molecule has 0 radical (unpaired) electrons. The second-order valence-electron chi connectivity index (χ2n) is 4.16. The lowest BCUT2D eigenvalue weighted by Crippen LogP contribution is -2.19. The lowest BCUT2D eigenvalue weighted by molar-refractivity contribution is 0.0637. The molecular formula is C12H15F2NO. The molecule has 0 aliphatic carbocycles. The molecule has 2 atom stereocenters. The fraction of sp³-hybridized carbons (Fsp3) is 0.500. The number of ether oxygens (including phenoxy) is 1. The van der Waals surface area contributed by atoms with E-state index in [1.165, 1.54) is 6.07 Å². The first kappa shape index (κ1) is 11.3. The van der Waals surface area contributed by atoms with Crippen LogP contribution < -0.4 is 5.32 Å². The lowest BCUT2D eigenvalue weighted by atomic mass is 10.2. The molecule has 4 heteroatoms. The summed E-state index contributed by atoms with van der Waals surface area (Å²) < 4.78 is 31.2. The van der Waals surface area contributed by atoms with Crippen LogP contribution in [0.15, 0.2) is 18.2 Å². The minimum Gasteiger partial charge on any atom is -0.382 e. The Labute approximate surface area is 93.6 Å². The van der Waals surface area contributed by atoms with Crippen molar-refractivity contribution in [2.75, 3.05) is 11.9 Å². The highest BCUT2D eigenvalue weighted by molar-refractivity contribution is 5.43. The average Bonchev–Trinajstić information content (AvgIpc) is 2.66. The Morgan fingerprint density at radius 2 is 2.12 bits per heavy atom. The van der Waals surface area contributed by atoms with Crippen molar-refractivity contribution in [3.63, 3.8) is 0 Å². The van der Waals surface area contributed by atoms with Crippen LogP contribution in [0, 0.1) is 11.6 Å². The molecule has 1 aliphatic heterocycles. The summed E-state index contributed by atoms with van der Waals surface area (Å²) in [6.07, 6.45) is 2.54. The Bertz CT molecular complexity index is 370. The van der Waals surface area contributed by atoms with Gasteiger partial charge in [0.25, 0.3) is 0 Å². The van der Waals surface area contributed by atoms with Gasteiger partial charge in [0.1, 0.15) is 0 Å². The van der Waals surface area contributed by atoms with Crippen molar-refractivity contribution in [1.29, 1.82) is 0 Å². The van der Waals surface area contributed by atoms with E-state index >= 15 is 0 Å². The molecule has 1 fully saturated rings. The smallest absolute Gasteiger partial charge is 0.160 e. The highest BCUT2D eigenvalue weighted by Gasteiger charge is 2.21. The van der Waals surface area contributed by atoms with Gasteiger partial charge in [-0.1, -0.05) is 0 Å². The van der Waals surface area contributed by atoms with Gasteiger partial charge in [0.15, 0.2) is 11.6 Å². The first-order valence-electron chi connectivity index (χ1n) is 5.49. The third-order valence-corrected chi connectivity index (χ3v) is 2.77. The van der Waals surface area contributed by atoms with E-state index in [0.717, 1.165) is 25.0 Å². The van der Waals surface area contributed by atoms with E-state index in [1.807, 2.05) is 6.92 Å². The van der Waals surface area contributed by atoms with Gasteiger partial charge in [-0.3, -0.25) is 0 Å². The molecule has 1 aliphatic rings. The summed E-state index contributed by atoms with van der Waals surface area (Å²) in [4.78, 5) is 0. The fourth-order valence-electron chi connectivity index (χ4n) is 1.87. The van der Waals surface area contributed by atoms with Gasteiger partial charge in [-0.05, 0) is 31.9 Å². The molecule has 1 saturated heterocycles. The first-order chi connectivity index (χ1) is 7.65. The van der Waals surface area contributed by atoms with Crippen LogP contribution in [-0.2, 0) is 4.74 Å². The van der Waals surface area contributed by atoms with Gasteiger partial charge in [0, 0.05) is 18.3 Å². The zero-order chi connectivity index (χ0) is 11.5. The molecule has 0 saturated carbocycles. The highest BCUT2D eigenvalue weighted by Crippen LogP contribution is 2.20. The summed E-state index contributed by atoms with van der Waals surface area (Å²) in [6, 6.07) is 3.81. The zero-order valence-corrected chi connectivity index (χ0v) is 9.17. The highest BCUT2D eigenvalue weighted by atomic mass is 19.2. The van der Waals surface area contributed by atoms with Crippen LogP contribution in [0.2, 0.25) is 0 Å². The lowest BCUT2D eigenvalue weighted by Gasteiger charge is -2.13. The van der Waals surface area contributed by atoms with Gasteiger partial charge < -0.3 is 10.1 Å². The molecule has 0 spiro atoms. The van der Waals surface area contributed by atoms with Crippen molar-refractivity contribution in [2.24, 2.45) is 0 Å². The molecule has 2 rings (SSSR count). The molecule has 88 valence electrons. The Morgan fingerprint density at radius 1 is 1.31 bits per heavy atom. The Morgan fingerprint density at radius 3 is 2.75 bits per heavy atom. The van der Waals surface area contributed by atoms with E-state index in [0.29, 0.717) is 18.3 Å². The molecule has 1 aromatic carbocycles. The monoisotopic (exact) mass is 227 g/mol. The fourth-order valence-corrected chi connectivity index (χ4v) is 1.87. The molecular weight excluding hydrogens is 212 g/mol. The average molecular weight is 227 g/mol. The van der Waals surface area contributed by atoms with Crippen molar-refractivity contribution in [2.45, 2.75) is 32.0 Å². The summed E-state index contributed by atoms with van der Waals surface area (Å²) in [5, 5.41) is 3.04. The molecule has 0 aromatic heterocycles. The molecule has 16 heavy (non-hydrogen) atoms. The number of nitrogens with one attached hydrogen (secondary N) is 1. The van der Waals surface area contributed by atoms with Crippen molar-refractivity contribution in [1.82, 2.24) is 0 Å². The zero-order valence-electron chi connectivity index (χ0n) is 9.17. The van der Waals surface area contributed by atoms with Crippen LogP contribution in [0.1, 0.15) is 19.8 Å². The Balaban J connectivity index is 1.87. The minimum absolute atomic E-state index is 0.170. The van der Waals surface area contributed by atoms with Crippen molar-refractivity contribution in [3.8, 4) is 0 Å². The van der Waals surface area contributed by atoms with E-state index < -0.39 is 11.6 Å². The predicted octanol–water partition coefficient (Wildman–Crippen LogP) is 2.94. The largest absolute Gasteiger partial charge is 0.382 e. The Kier molecular flexibility index (Phi) is 3.39. The van der Waals surface area contributed by atoms with Crippen LogP contribution in [-0.4, -0.2) is 18.8 Å². The molecule has 1 heterocycles. The number of anilines is 1. The number of benzene rings is 1. The molecule has 1 N–H and O–H groups in total. The third kappa shape index (κ3) is 2.70. The predicted molar refractivity (Wildman–Crippen MR) is 58.4 cm³/mol. The van der Waals surface area contributed by atoms with E-state index in [2.05, 4.69) is 5.32 Å². The maximum Gasteiger partial charge on any atom is 0.160 e. The third-order valence-electron chi connectivity index (χ3n) is 2.77. The van der Waals surface area contributed by atoms with Crippen LogP contribution >= 0.6 is 0 Å². The summed E-state index contributed by atoms with van der Waals surface area (Å²) >= 11 is 0. The second kappa shape index (κ2) is 4.78.